The zero-order valence-corrected chi connectivity index (χ0v) is 11.7. The van der Waals surface area contributed by atoms with Crippen molar-refractivity contribution in [3.05, 3.63) is 33.9 Å². The summed E-state index contributed by atoms with van der Waals surface area (Å²) in [6, 6.07) is 3.81. The van der Waals surface area contributed by atoms with Crippen LogP contribution in [0, 0.1) is 10.1 Å². The van der Waals surface area contributed by atoms with E-state index < -0.39 is 10.9 Å². The van der Waals surface area contributed by atoms with Gasteiger partial charge in [0.25, 0.3) is 5.69 Å². The zero-order valence-electron chi connectivity index (χ0n) is 10.9. The zero-order chi connectivity index (χ0) is 14.5. The van der Waals surface area contributed by atoms with E-state index in [-0.39, 0.29) is 16.9 Å². The maximum atomic E-state index is 11.0. The van der Waals surface area contributed by atoms with E-state index in [1.165, 1.54) is 31.0 Å². The molecule has 0 radical (unpaired) electrons. The van der Waals surface area contributed by atoms with Gasteiger partial charge in [-0.25, -0.2) is 4.79 Å². The minimum atomic E-state index is -1.09. The number of aromatic carboxylic acids is 1. The number of carboxylic acids is 1. The summed E-state index contributed by atoms with van der Waals surface area (Å²) in [5.41, 5.74) is 0.242. The number of hydrogen-bond donors (Lipinski definition) is 2. The lowest BCUT2D eigenvalue weighted by atomic mass is 10.1. The van der Waals surface area contributed by atoms with Crippen molar-refractivity contribution in [3.63, 3.8) is 0 Å². The summed E-state index contributed by atoms with van der Waals surface area (Å²) < 4.78 is 0. The lowest BCUT2D eigenvalue weighted by Gasteiger charge is -2.21. The quantitative estimate of drug-likeness (QED) is 0.641. The maximum absolute atomic E-state index is 11.0. The van der Waals surface area contributed by atoms with Crippen LogP contribution in [-0.4, -0.2) is 33.5 Å². The van der Waals surface area contributed by atoms with Crippen LogP contribution in [0.3, 0.4) is 0 Å². The number of nitro benzene ring substituents is 1. The van der Waals surface area contributed by atoms with E-state index in [2.05, 4.69) is 5.32 Å². The van der Waals surface area contributed by atoms with Crippen LogP contribution in [0.2, 0.25) is 0 Å². The number of nitrogens with one attached hydrogen (secondary N) is 1. The average molecular weight is 296 g/mol. The van der Waals surface area contributed by atoms with E-state index in [1.807, 2.05) is 11.8 Å². The Morgan fingerprint density at radius 2 is 2.30 bits per heavy atom. The third-order valence-electron chi connectivity index (χ3n) is 3.23. The molecule has 1 unspecified atom stereocenters. The van der Waals surface area contributed by atoms with E-state index in [0.717, 1.165) is 12.2 Å². The topological polar surface area (TPSA) is 92.5 Å². The third kappa shape index (κ3) is 3.63. The monoisotopic (exact) mass is 296 g/mol. The molecule has 1 atom stereocenters. The van der Waals surface area contributed by atoms with Gasteiger partial charge in [0, 0.05) is 17.9 Å². The minimum absolute atomic E-state index is 0.0504. The van der Waals surface area contributed by atoms with Crippen molar-refractivity contribution >= 4 is 29.1 Å². The van der Waals surface area contributed by atoms with Crippen LogP contribution in [0.4, 0.5) is 11.4 Å². The Morgan fingerprint density at radius 1 is 1.50 bits per heavy atom. The second kappa shape index (κ2) is 6.60. The van der Waals surface area contributed by atoms with Gasteiger partial charge in [0.2, 0.25) is 0 Å². The molecule has 1 aromatic carbocycles. The first-order chi connectivity index (χ1) is 9.58. The standard InChI is InChI=1S/C13H16N2O4S/c16-13(17)9-4-5-12(15(18)19)11(7-9)14-8-10-3-1-2-6-20-10/h4-5,7,10,14H,1-3,6,8H2,(H,16,17). The van der Waals surface area contributed by atoms with Gasteiger partial charge in [-0.15, -0.1) is 0 Å². The van der Waals surface area contributed by atoms with Crippen LogP contribution in [0.15, 0.2) is 18.2 Å². The summed E-state index contributed by atoms with van der Waals surface area (Å²) in [7, 11) is 0. The first-order valence-corrected chi connectivity index (χ1v) is 7.50. The summed E-state index contributed by atoms with van der Waals surface area (Å²) >= 11 is 1.86. The first-order valence-electron chi connectivity index (χ1n) is 6.45. The Hall–Kier alpha value is -1.76. The lowest BCUT2D eigenvalue weighted by molar-refractivity contribution is -0.384. The molecular formula is C13H16N2O4S. The SMILES string of the molecule is O=C(O)c1ccc([N+](=O)[O-])c(NCC2CCCCS2)c1. The van der Waals surface area contributed by atoms with Gasteiger partial charge >= 0.3 is 5.97 Å². The van der Waals surface area contributed by atoms with Crippen LogP contribution >= 0.6 is 11.8 Å². The highest BCUT2D eigenvalue weighted by Crippen LogP contribution is 2.29. The van der Waals surface area contributed by atoms with Gasteiger partial charge in [-0.3, -0.25) is 10.1 Å². The Morgan fingerprint density at radius 3 is 2.90 bits per heavy atom. The van der Waals surface area contributed by atoms with E-state index in [4.69, 9.17) is 5.11 Å². The van der Waals surface area contributed by atoms with Crippen molar-refractivity contribution in [1.82, 2.24) is 0 Å². The molecule has 7 heteroatoms. The highest BCUT2D eigenvalue weighted by atomic mass is 32.2. The smallest absolute Gasteiger partial charge is 0.335 e. The highest BCUT2D eigenvalue weighted by molar-refractivity contribution is 7.99. The van der Waals surface area contributed by atoms with Gasteiger partial charge in [-0.2, -0.15) is 11.8 Å². The van der Waals surface area contributed by atoms with Crippen molar-refractivity contribution in [2.24, 2.45) is 0 Å². The van der Waals surface area contributed by atoms with Crippen molar-refractivity contribution in [2.75, 3.05) is 17.6 Å². The summed E-state index contributed by atoms with van der Waals surface area (Å²) in [5, 5.41) is 23.4. The number of nitrogens with zero attached hydrogens (tertiary/aromatic N) is 1. The van der Waals surface area contributed by atoms with Crippen molar-refractivity contribution in [1.29, 1.82) is 0 Å². The van der Waals surface area contributed by atoms with Crippen molar-refractivity contribution in [2.45, 2.75) is 24.5 Å². The second-order valence-electron chi connectivity index (χ2n) is 4.66. The van der Waals surface area contributed by atoms with Crippen LogP contribution in [0.1, 0.15) is 29.6 Å². The molecule has 1 heterocycles. The van der Waals surface area contributed by atoms with E-state index in [0.29, 0.717) is 11.8 Å². The highest BCUT2D eigenvalue weighted by Gasteiger charge is 2.19. The fraction of sp³-hybridized carbons (Fsp3) is 0.462. The molecule has 1 fully saturated rings. The minimum Gasteiger partial charge on any atom is -0.478 e. The van der Waals surface area contributed by atoms with Crippen molar-refractivity contribution in [3.8, 4) is 0 Å². The summed E-state index contributed by atoms with van der Waals surface area (Å²) in [6.45, 7) is 0.620. The van der Waals surface area contributed by atoms with Crippen molar-refractivity contribution < 1.29 is 14.8 Å². The fourth-order valence-electron chi connectivity index (χ4n) is 2.16. The number of nitro groups is 1. The number of thioether (sulfide) groups is 1. The summed E-state index contributed by atoms with van der Waals surface area (Å²) in [5.74, 6) is 0.0267. The normalized spacial score (nSPS) is 18.5. The molecule has 1 saturated heterocycles. The number of carboxylic acid groups (broad SMARTS) is 1. The first kappa shape index (κ1) is 14.6. The second-order valence-corrected chi connectivity index (χ2v) is 6.07. The molecular weight excluding hydrogens is 280 g/mol. The number of rotatable bonds is 5. The molecule has 1 aliphatic heterocycles. The van der Waals surface area contributed by atoms with Gasteiger partial charge in [0.05, 0.1) is 10.5 Å². The van der Waals surface area contributed by atoms with Crippen LogP contribution < -0.4 is 5.32 Å². The Labute approximate surface area is 120 Å². The third-order valence-corrected chi connectivity index (χ3v) is 4.63. The number of carbonyl (C=O) groups is 1. The molecule has 20 heavy (non-hydrogen) atoms. The number of anilines is 1. The molecule has 0 amide bonds. The molecule has 0 spiro atoms. The number of benzene rings is 1. The van der Waals surface area contributed by atoms with Crippen LogP contribution in [-0.2, 0) is 0 Å². The molecule has 0 bridgehead atoms. The molecule has 1 aromatic rings. The van der Waals surface area contributed by atoms with Gasteiger partial charge in [0.1, 0.15) is 5.69 Å². The van der Waals surface area contributed by atoms with Gasteiger partial charge in [-0.05, 0) is 30.7 Å². The Balaban J connectivity index is 2.12. The Bertz CT molecular complexity index is 515. The van der Waals surface area contributed by atoms with E-state index in [9.17, 15) is 14.9 Å². The molecule has 0 saturated carbocycles. The van der Waals surface area contributed by atoms with Gasteiger partial charge in [0.15, 0.2) is 0 Å². The largest absolute Gasteiger partial charge is 0.478 e. The average Bonchev–Trinajstić information content (AvgIpc) is 2.45. The predicted molar refractivity (Wildman–Crippen MR) is 78.6 cm³/mol. The fourth-order valence-corrected chi connectivity index (χ4v) is 3.40. The van der Waals surface area contributed by atoms with E-state index >= 15 is 0 Å². The summed E-state index contributed by atoms with van der Waals surface area (Å²) in [4.78, 5) is 21.4. The molecule has 6 nitrogen and oxygen atoms in total. The summed E-state index contributed by atoms with van der Waals surface area (Å²) in [6.07, 6.45) is 3.48. The molecule has 2 N–H and O–H groups in total. The van der Waals surface area contributed by atoms with Gasteiger partial charge < -0.3 is 10.4 Å². The van der Waals surface area contributed by atoms with Crippen LogP contribution in [0.25, 0.3) is 0 Å². The van der Waals surface area contributed by atoms with E-state index in [1.54, 1.807) is 0 Å². The molecule has 1 aliphatic rings. The lowest BCUT2D eigenvalue weighted by Crippen LogP contribution is -2.20. The maximum Gasteiger partial charge on any atom is 0.335 e. The molecule has 0 aliphatic carbocycles. The molecule has 0 aromatic heterocycles. The van der Waals surface area contributed by atoms with Gasteiger partial charge in [-0.1, -0.05) is 6.42 Å². The predicted octanol–water partition coefficient (Wildman–Crippen LogP) is 2.99. The van der Waals surface area contributed by atoms with Crippen LogP contribution in [0.5, 0.6) is 0 Å². The molecule has 2 rings (SSSR count). The Kier molecular flexibility index (Phi) is 4.84. The number of hydrogen-bond acceptors (Lipinski definition) is 5. The molecule has 108 valence electrons.